The second-order valence-corrected chi connectivity index (χ2v) is 7.64. The van der Waals surface area contributed by atoms with Gasteiger partial charge in [0.25, 0.3) is 0 Å². The number of imide groups is 1. The smallest absolute Gasteiger partial charge is 0.244 e. The van der Waals surface area contributed by atoms with Crippen molar-refractivity contribution in [2.45, 2.75) is 49.7 Å². The van der Waals surface area contributed by atoms with Crippen LogP contribution in [0.2, 0.25) is 0 Å². The number of thioether (sulfide) groups is 1. The molecule has 3 atom stereocenters. The van der Waals surface area contributed by atoms with Gasteiger partial charge < -0.3 is 0 Å². The molecule has 1 aliphatic heterocycles. The highest BCUT2D eigenvalue weighted by atomic mass is 32.2. The van der Waals surface area contributed by atoms with Crippen LogP contribution in [0.15, 0.2) is 30.3 Å². The number of carbonyl (C=O) groups is 2. The zero-order valence-corrected chi connectivity index (χ0v) is 13.8. The van der Waals surface area contributed by atoms with Crippen LogP contribution in [0.1, 0.15) is 50.5 Å². The summed E-state index contributed by atoms with van der Waals surface area (Å²) in [6.45, 7) is 2.20. The topological polar surface area (TPSA) is 46.2 Å². The molecule has 0 aromatic heterocycles. The largest absolute Gasteiger partial charge is 0.295 e. The molecule has 1 aromatic rings. The molecule has 2 amide bonds. The molecule has 1 aromatic carbocycles. The Labute approximate surface area is 136 Å². The van der Waals surface area contributed by atoms with Gasteiger partial charge in [-0.25, -0.2) is 0 Å². The van der Waals surface area contributed by atoms with E-state index < -0.39 is 4.75 Å². The first kappa shape index (κ1) is 15.6. The van der Waals surface area contributed by atoms with Crippen molar-refractivity contribution in [1.82, 2.24) is 5.32 Å². The summed E-state index contributed by atoms with van der Waals surface area (Å²) < 4.78 is -0.551. The number of fused-ring (bicyclic) bond motifs is 1. The summed E-state index contributed by atoms with van der Waals surface area (Å²) in [5.74, 6) is 0.851. The fourth-order valence-electron chi connectivity index (χ4n) is 3.69. The Morgan fingerprint density at radius 3 is 2.59 bits per heavy atom. The van der Waals surface area contributed by atoms with Crippen LogP contribution in [0, 0.1) is 5.92 Å². The van der Waals surface area contributed by atoms with Gasteiger partial charge in [-0.05, 0) is 24.2 Å². The molecule has 1 saturated heterocycles. The lowest BCUT2D eigenvalue weighted by Gasteiger charge is -2.48. The van der Waals surface area contributed by atoms with E-state index in [1.54, 1.807) is 11.8 Å². The van der Waals surface area contributed by atoms with E-state index in [0.29, 0.717) is 0 Å². The van der Waals surface area contributed by atoms with Gasteiger partial charge in [0.15, 0.2) is 0 Å². The van der Waals surface area contributed by atoms with Crippen LogP contribution in [0.4, 0.5) is 0 Å². The Morgan fingerprint density at radius 2 is 1.91 bits per heavy atom. The van der Waals surface area contributed by atoms with Gasteiger partial charge in [0, 0.05) is 5.92 Å². The minimum absolute atomic E-state index is 0.0666. The fraction of sp³-hybridized carbons (Fsp3) is 0.556. The van der Waals surface area contributed by atoms with Crippen molar-refractivity contribution in [3.8, 4) is 0 Å². The standard InChI is InChI=1S/C18H23NO2S/c1-2-3-4-8-11-22-18-14(13-9-6-5-7-10-13)12-15(18)16(20)19-17(18)21/h5-7,9-10,14-15H,2-4,8,11-12H2,1H3,(H,19,20,21)/t14-,15-,18+/m1/s1. The summed E-state index contributed by atoms with van der Waals surface area (Å²) in [5, 5.41) is 2.57. The SMILES string of the molecule is CCCCCCS[C@]12C(=O)NC(=O)[C@H]1C[C@@H]2c1ccccc1. The van der Waals surface area contributed by atoms with Crippen molar-refractivity contribution in [2.24, 2.45) is 5.92 Å². The van der Waals surface area contributed by atoms with E-state index in [1.807, 2.05) is 18.2 Å². The summed E-state index contributed by atoms with van der Waals surface area (Å²) in [4.78, 5) is 24.5. The number of benzene rings is 1. The van der Waals surface area contributed by atoms with Gasteiger partial charge in [0.05, 0.1) is 5.92 Å². The Bertz CT molecular complexity index is 559. The molecule has 0 spiro atoms. The maximum Gasteiger partial charge on any atom is 0.244 e. The number of hydrogen-bond acceptors (Lipinski definition) is 3. The Balaban J connectivity index is 1.75. The van der Waals surface area contributed by atoms with Crippen LogP contribution in [-0.4, -0.2) is 22.3 Å². The van der Waals surface area contributed by atoms with E-state index >= 15 is 0 Å². The average Bonchev–Trinajstić information content (AvgIpc) is 2.67. The molecule has 22 heavy (non-hydrogen) atoms. The summed E-state index contributed by atoms with van der Waals surface area (Å²) in [7, 11) is 0. The summed E-state index contributed by atoms with van der Waals surface area (Å²) in [6, 6.07) is 10.2. The molecule has 1 saturated carbocycles. The van der Waals surface area contributed by atoms with E-state index in [4.69, 9.17) is 0 Å². The molecular formula is C18H23NO2S. The molecule has 1 aliphatic carbocycles. The van der Waals surface area contributed by atoms with Crippen LogP contribution < -0.4 is 5.32 Å². The number of carbonyl (C=O) groups excluding carboxylic acids is 2. The van der Waals surface area contributed by atoms with Gasteiger partial charge in [-0.1, -0.05) is 56.5 Å². The molecule has 2 fully saturated rings. The van der Waals surface area contributed by atoms with E-state index in [-0.39, 0.29) is 23.7 Å². The van der Waals surface area contributed by atoms with Crippen molar-refractivity contribution < 1.29 is 9.59 Å². The van der Waals surface area contributed by atoms with Gasteiger partial charge >= 0.3 is 0 Å². The quantitative estimate of drug-likeness (QED) is 0.618. The van der Waals surface area contributed by atoms with Crippen LogP contribution >= 0.6 is 11.8 Å². The molecule has 4 heteroatoms. The number of rotatable bonds is 7. The molecule has 1 N–H and O–H groups in total. The van der Waals surface area contributed by atoms with E-state index in [1.165, 1.54) is 24.8 Å². The van der Waals surface area contributed by atoms with Crippen LogP contribution in [0.25, 0.3) is 0 Å². The summed E-state index contributed by atoms with van der Waals surface area (Å²) in [5.41, 5.74) is 1.18. The normalized spacial score (nSPS) is 29.9. The minimum atomic E-state index is -0.551. The number of unbranched alkanes of at least 4 members (excludes halogenated alkanes) is 3. The Hall–Kier alpha value is -1.29. The lowest BCUT2D eigenvalue weighted by atomic mass is 9.62. The van der Waals surface area contributed by atoms with Crippen molar-refractivity contribution in [3.05, 3.63) is 35.9 Å². The van der Waals surface area contributed by atoms with Crippen molar-refractivity contribution in [2.75, 3.05) is 5.75 Å². The minimum Gasteiger partial charge on any atom is -0.295 e. The molecule has 1 heterocycles. The first-order chi connectivity index (χ1) is 10.7. The molecule has 2 aliphatic rings. The van der Waals surface area contributed by atoms with Gasteiger partial charge in [-0.3, -0.25) is 14.9 Å². The highest BCUT2D eigenvalue weighted by Crippen LogP contribution is 2.60. The van der Waals surface area contributed by atoms with Crippen molar-refractivity contribution in [3.63, 3.8) is 0 Å². The third-order valence-corrected chi connectivity index (χ3v) is 6.68. The van der Waals surface area contributed by atoms with Gasteiger partial charge in [-0.2, -0.15) is 0 Å². The summed E-state index contributed by atoms with van der Waals surface area (Å²) in [6.07, 6.45) is 5.57. The zero-order valence-electron chi connectivity index (χ0n) is 13.0. The first-order valence-corrected chi connectivity index (χ1v) is 9.23. The molecular weight excluding hydrogens is 294 g/mol. The van der Waals surface area contributed by atoms with E-state index in [2.05, 4.69) is 24.4 Å². The predicted molar refractivity (Wildman–Crippen MR) is 89.8 cm³/mol. The van der Waals surface area contributed by atoms with Gasteiger partial charge in [0.2, 0.25) is 11.8 Å². The van der Waals surface area contributed by atoms with E-state index in [0.717, 1.165) is 18.6 Å². The van der Waals surface area contributed by atoms with Crippen molar-refractivity contribution in [1.29, 1.82) is 0 Å². The second-order valence-electron chi connectivity index (χ2n) is 6.27. The maximum absolute atomic E-state index is 12.5. The van der Waals surface area contributed by atoms with Crippen LogP contribution in [0.5, 0.6) is 0 Å². The van der Waals surface area contributed by atoms with Crippen molar-refractivity contribution >= 4 is 23.6 Å². The van der Waals surface area contributed by atoms with Crippen LogP contribution in [0.3, 0.4) is 0 Å². The van der Waals surface area contributed by atoms with Crippen LogP contribution in [-0.2, 0) is 9.59 Å². The van der Waals surface area contributed by atoms with Gasteiger partial charge in [0.1, 0.15) is 4.75 Å². The monoisotopic (exact) mass is 317 g/mol. The Morgan fingerprint density at radius 1 is 1.14 bits per heavy atom. The Kier molecular flexibility index (Phi) is 4.57. The predicted octanol–water partition coefficient (Wildman–Crippen LogP) is 3.50. The lowest BCUT2D eigenvalue weighted by Crippen LogP contribution is -2.54. The summed E-state index contributed by atoms with van der Waals surface area (Å²) >= 11 is 1.71. The number of amides is 2. The molecule has 3 nitrogen and oxygen atoms in total. The second kappa shape index (κ2) is 6.45. The lowest BCUT2D eigenvalue weighted by molar-refractivity contribution is -0.125. The van der Waals surface area contributed by atoms with Gasteiger partial charge in [-0.15, -0.1) is 11.8 Å². The molecule has 3 rings (SSSR count). The number of nitrogens with one attached hydrogen (secondary N) is 1. The fourth-order valence-corrected chi connectivity index (χ4v) is 5.40. The van der Waals surface area contributed by atoms with E-state index in [9.17, 15) is 9.59 Å². The molecule has 118 valence electrons. The number of hydrogen-bond donors (Lipinski definition) is 1. The third kappa shape index (κ3) is 2.47. The highest BCUT2D eigenvalue weighted by molar-refractivity contribution is 8.01. The molecule has 0 bridgehead atoms. The zero-order chi connectivity index (χ0) is 15.6. The maximum atomic E-state index is 12.5. The highest BCUT2D eigenvalue weighted by Gasteiger charge is 2.67. The third-order valence-electron chi connectivity index (χ3n) is 4.96. The molecule has 0 unspecified atom stereocenters. The first-order valence-electron chi connectivity index (χ1n) is 8.24. The molecule has 0 radical (unpaired) electrons. The average molecular weight is 317 g/mol.